The number of hydrogen-bond donors (Lipinski definition) is 2. The lowest BCUT2D eigenvalue weighted by atomic mass is 10.0. The number of thioether (sulfide) groups is 1. The third-order valence-corrected chi connectivity index (χ3v) is 4.56. The third kappa shape index (κ3) is 5.23. The molecule has 0 unspecified atom stereocenters. The van der Waals surface area contributed by atoms with Crippen molar-refractivity contribution < 1.29 is 14.9 Å². The molecule has 0 spiro atoms. The molecule has 0 aliphatic carbocycles. The van der Waals surface area contributed by atoms with Gasteiger partial charge in [-0.05, 0) is 24.6 Å². The molecule has 2 aromatic rings. The highest BCUT2D eigenvalue weighted by atomic mass is 35.5. The molecule has 0 radical (unpaired) electrons. The molecule has 23 heavy (non-hydrogen) atoms. The van der Waals surface area contributed by atoms with Crippen molar-refractivity contribution in [1.82, 2.24) is 10.2 Å². The van der Waals surface area contributed by atoms with Gasteiger partial charge in [-0.15, -0.1) is 10.2 Å². The highest BCUT2D eigenvalue weighted by Gasteiger charge is 2.23. The first-order valence-corrected chi connectivity index (χ1v) is 8.70. The minimum Gasteiger partial charge on any atom is -0.410 e. The molecule has 124 valence electrons. The monoisotopic (exact) mass is 355 g/mol. The molecule has 0 aliphatic heterocycles. The summed E-state index contributed by atoms with van der Waals surface area (Å²) < 4.78 is 5.57. The quantitative estimate of drug-likeness (QED) is 0.744. The number of nitrogens with zero attached hydrogens (tertiary/aromatic N) is 2. The van der Waals surface area contributed by atoms with Gasteiger partial charge in [-0.25, -0.2) is 0 Å². The molecular weight excluding hydrogens is 336 g/mol. The second-order valence-electron chi connectivity index (χ2n) is 5.25. The molecular formula is C15H20ClN4O2S+. The summed E-state index contributed by atoms with van der Waals surface area (Å²) in [5.74, 6) is 0.890. The van der Waals surface area contributed by atoms with Crippen molar-refractivity contribution in [2.24, 2.45) is 5.92 Å². The van der Waals surface area contributed by atoms with E-state index in [0.717, 1.165) is 6.42 Å². The number of anilines is 1. The lowest BCUT2D eigenvalue weighted by Gasteiger charge is -2.09. The number of carbonyl (C=O) groups excluding carboxylic acids is 1. The van der Waals surface area contributed by atoms with Crippen LogP contribution < -0.4 is 11.1 Å². The first-order chi connectivity index (χ1) is 11.0. The van der Waals surface area contributed by atoms with Crippen molar-refractivity contribution in [3.63, 3.8) is 0 Å². The van der Waals surface area contributed by atoms with E-state index in [1.54, 1.807) is 24.3 Å². The van der Waals surface area contributed by atoms with Crippen molar-refractivity contribution in [1.29, 1.82) is 0 Å². The van der Waals surface area contributed by atoms with E-state index in [9.17, 15) is 4.79 Å². The number of quaternary nitrogens is 1. The van der Waals surface area contributed by atoms with Crippen LogP contribution in [0.5, 0.6) is 0 Å². The second-order valence-corrected chi connectivity index (χ2v) is 6.61. The van der Waals surface area contributed by atoms with Crippen LogP contribution in [-0.4, -0.2) is 21.9 Å². The van der Waals surface area contributed by atoms with Gasteiger partial charge in [0.25, 0.3) is 11.1 Å². The number of amides is 1. The molecule has 6 nitrogen and oxygen atoms in total. The lowest BCUT2D eigenvalue weighted by Crippen LogP contribution is -2.56. The van der Waals surface area contributed by atoms with Gasteiger partial charge in [0, 0.05) is 16.6 Å². The van der Waals surface area contributed by atoms with Crippen LogP contribution in [0.25, 0.3) is 0 Å². The Labute approximate surface area is 144 Å². The Morgan fingerprint density at radius 3 is 2.96 bits per heavy atom. The van der Waals surface area contributed by atoms with Crippen LogP contribution in [0.1, 0.15) is 32.2 Å². The molecule has 2 atom stereocenters. The number of rotatable bonds is 7. The van der Waals surface area contributed by atoms with E-state index in [0.29, 0.717) is 27.7 Å². The van der Waals surface area contributed by atoms with Gasteiger partial charge in [0.15, 0.2) is 6.04 Å². The summed E-state index contributed by atoms with van der Waals surface area (Å²) in [4.78, 5) is 11.9. The zero-order valence-electron chi connectivity index (χ0n) is 13.1. The van der Waals surface area contributed by atoms with Crippen LogP contribution >= 0.6 is 23.4 Å². The molecule has 0 fully saturated rings. The van der Waals surface area contributed by atoms with E-state index in [2.05, 4.69) is 35.1 Å². The van der Waals surface area contributed by atoms with Crippen LogP contribution in [-0.2, 0) is 4.79 Å². The van der Waals surface area contributed by atoms with Crippen molar-refractivity contribution >= 4 is 35.0 Å². The van der Waals surface area contributed by atoms with Crippen LogP contribution in [0.15, 0.2) is 33.9 Å². The molecule has 1 amide bonds. The smallest absolute Gasteiger partial charge is 0.277 e. The normalized spacial score (nSPS) is 13.6. The van der Waals surface area contributed by atoms with Crippen LogP contribution in [0.2, 0.25) is 5.02 Å². The topological polar surface area (TPSA) is 95.7 Å². The minimum absolute atomic E-state index is 0.0397. The number of nitrogens with one attached hydrogen (secondary N) is 1. The number of halogens is 1. The largest absolute Gasteiger partial charge is 0.410 e. The van der Waals surface area contributed by atoms with E-state index in [1.165, 1.54) is 11.8 Å². The molecule has 1 heterocycles. The Morgan fingerprint density at radius 2 is 2.26 bits per heavy atom. The van der Waals surface area contributed by atoms with Gasteiger partial charge < -0.3 is 15.5 Å². The first-order valence-electron chi connectivity index (χ1n) is 7.34. The standard InChI is InChI=1S/C15H19ClN4O2S/c1-3-9(2)13(17)14-19-20-15(22-14)23-8-12(21)18-11-6-4-5-10(16)7-11/h4-7,9,13H,3,8,17H2,1-2H3,(H,18,21)/p+1/t9-,13+/m1/s1. The molecule has 4 N–H and O–H groups in total. The highest BCUT2D eigenvalue weighted by Crippen LogP contribution is 2.23. The van der Waals surface area contributed by atoms with E-state index in [-0.39, 0.29) is 17.7 Å². The maximum atomic E-state index is 11.9. The summed E-state index contributed by atoms with van der Waals surface area (Å²) in [5.41, 5.74) is 4.71. The van der Waals surface area contributed by atoms with Crippen LogP contribution in [0.4, 0.5) is 5.69 Å². The number of benzene rings is 1. The van der Waals surface area contributed by atoms with Gasteiger partial charge in [0.05, 0.1) is 5.75 Å². The fraction of sp³-hybridized carbons (Fsp3) is 0.400. The van der Waals surface area contributed by atoms with E-state index < -0.39 is 0 Å². The maximum absolute atomic E-state index is 11.9. The van der Waals surface area contributed by atoms with E-state index in [1.807, 2.05) is 0 Å². The van der Waals surface area contributed by atoms with Gasteiger partial charge in [-0.3, -0.25) is 4.79 Å². The van der Waals surface area contributed by atoms with Gasteiger partial charge >= 0.3 is 0 Å². The summed E-state index contributed by atoms with van der Waals surface area (Å²) in [6.07, 6.45) is 0.987. The summed E-state index contributed by atoms with van der Waals surface area (Å²) in [6.45, 7) is 4.18. The SMILES string of the molecule is CC[C@@H](C)[C@H]([NH3+])c1nnc(SCC(=O)Nc2cccc(Cl)c2)o1. The first kappa shape index (κ1) is 17.8. The van der Waals surface area contributed by atoms with Crippen LogP contribution in [0, 0.1) is 5.92 Å². The molecule has 0 bridgehead atoms. The van der Waals surface area contributed by atoms with Gasteiger partial charge in [0.1, 0.15) is 0 Å². The van der Waals surface area contributed by atoms with Crippen molar-refractivity contribution in [3.8, 4) is 0 Å². The summed E-state index contributed by atoms with van der Waals surface area (Å²) in [5, 5.41) is 11.7. The molecule has 0 aliphatic rings. The Morgan fingerprint density at radius 1 is 1.48 bits per heavy atom. The number of carbonyl (C=O) groups is 1. The average molecular weight is 356 g/mol. The zero-order chi connectivity index (χ0) is 16.8. The Hall–Kier alpha value is -1.57. The Bertz CT molecular complexity index is 664. The van der Waals surface area contributed by atoms with E-state index >= 15 is 0 Å². The fourth-order valence-electron chi connectivity index (χ4n) is 1.85. The van der Waals surface area contributed by atoms with Gasteiger partial charge in [-0.1, -0.05) is 43.3 Å². The molecule has 1 aromatic carbocycles. The molecule has 0 saturated heterocycles. The summed E-state index contributed by atoms with van der Waals surface area (Å²) in [6, 6.07) is 6.95. The predicted octanol–water partition coefficient (Wildman–Crippen LogP) is 2.78. The predicted molar refractivity (Wildman–Crippen MR) is 90.2 cm³/mol. The Kier molecular flexibility index (Phi) is 6.44. The zero-order valence-corrected chi connectivity index (χ0v) is 14.7. The van der Waals surface area contributed by atoms with Crippen molar-refractivity contribution in [2.45, 2.75) is 31.5 Å². The van der Waals surface area contributed by atoms with Gasteiger partial charge in [-0.2, -0.15) is 0 Å². The fourth-order valence-corrected chi connectivity index (χ4v) is 2.61. The number of hydrogen-bond acceptors (Lipinski definition) is 5. The van der Waals surface area contributed by atoms with Crippen molar-refractivity contribution in [2.75, 3.05) is 11.1 Å². The molecule has 2 rings (SSSR count). The average Bonchev–Trinajstić information content (AvgIpc) is 3.00. The maximum Gasteiger partial charge on any atom is 0.277 e. The summed E-state index contributed by atoms with van der Waals surface area (Å²) in [7, 11) is 0. The van der Waals surface area contributed by atoms with Crippen LogP contribution in [0.3, 0.4) is 0 Å². The van der Waals surface area contributed by atoms with Crippen molar-refractivity contribution in [3.05, 3.63) is 35.2 Å². The lowest BCUT2D eigenvalue weighted by molar-refractivity contribution is -0.444. The molecule has 0 saturated carbocycles. The summed E-state index contributed by atoms with van der Waals surface area (Å²) >= 11 is 7.07. The minimum atomic E-state index is -0.162. The second kappa shape index (κ2) is 8.33. The molecule has 8 heteroatoms. The highest BCUT2D eigenvalue weighted by molar-refractivity contribution is 7.99. The molecule has 1 aromatic heterocycles. The van der Waals surface area contributed by atoms with E-state index in [4.69, 9.17) is 16.0 Å². The Balaban J connectivity index is 1.86. The van der Waals surface area contributed by atoms with Gasteiger partial charge in [0.2, 0.25) is 5.91 Å². The third-order valence-electron chi connectivity index (χ3n) is 3.51. The number of aromatic nitrogens is 2.